The smallest absolute Gasteiger partial charge is 0.0633 e. The van der Waals surface area contributed by atoms with E-state index in [1.807, 2.05) is 0 Å². The van der Waals surface area contributed by atoms with Crippen molar-refractivity contribution in [3.63, 3.8) is 0 Å². The number of fused-ring (bicyclic) bond motifs is 15. The molecule has 250 valence electrons. The number of benzene rings is 10. The van der Waals surface area contributed by atoms with Crippen molar-refractivity contribution in [2.45, 2.75) is 0 Å². The van der Waals surface area contributed by atoms with Crippen LogP contribution in [0.3, 0.4) is 0 Å². The van der Waals surface area contributed by atoms with Gasteiger partial charge in [-0.05, 0) is 56.9 Å². The second-order valence-corrected chi connectivity index (χ2v) is 14.4. The number of nitrogens with zero attached hydrogens (tertiary/aromatic N) is 2. The van der Waals surface area contributed by atoms with Gasteiger partial charge < -0.3 is 9.13 Å². The fraction of sp³-hybridized carbons (Fsp3) is 0. The molecule has 2 heteroatoms. The van der Waals surface area contributed by atoms with Crippen molar-refractivity contribution in [1.29, 1.82) is 0 Å². The summed E-state index contributed by atoms with van der Waals surface area (Å²) in [6.45, 7) is 0. The highest BCUT2D eigenvalue weighted by molar-refractivity contribution is 6.41. The average molecular weight is 685 g/mol. The quantitative estimate of drug-likeness (QED) is 0.164. The van der Waals surface area contributed by atoms with Crippen LogP contribution in [0.5, 0.6) is 0 Å². The predicted octanol–water partition coefficient (Wildman–Crippen LogP) is 14.2. The second kappa shape index (κ2) is 11.2. The molecule has 0 atom stereocenters. The van der Waals surface area contributed by atoms with E-state index in [-0.39, 0.29) is 0 Å². The zero-order valence-electron chi connectivity index (χ0n) is 29.4. The van der Waals surface area contributed by atoms with E-state index in [9.17, 15) is 0 Å². The van der Waals surface area contributed by atoms with Gasteiger partial charge in [-0.25, -0.2) is 0 Å². The number of hydrogen-bond donors (Lipinski definition) is 0. The minimum absolute atomic E-state index is 1.15. The summed E-state index contributed by atoms with van der Waals surface area (Å²) in [5.74, 6) is 0. The Balaban J connectivity index is 1.36. The van der Waals surface area contributed by atoms with E-state index in [2.05, 4.69) is 203 Å². The highest BCUT2D eigenvalue weighted by Gasteiger charge is 2.26. The largest absolute Gasteiger partial charge is 0.308 e. The topological polar surface area (TPSA) is 9.86 Å². The maximum Gasteiger partial charge on any atom is 0.0633 e. The Morgan fingerprint density at radius 2 is 0.796 bits per heavy atom. The van der Waals surface area contributed by atoms with Gasteiger partial charge in [0, 0.05) is 48.8 Å². The zero-order valence-corrected chi connectivity index (χ0v) is 29.4. The van der Waals surface area contributed by atoms with Crippen LogP contribution >= 0.6 is 0 Å². The summed E-state index contributed by atoms with van der Waals surface area (Å²) in [6.07, 6.45) is 0. The maximum atomic E-state index is 2.56. The Bertz CT molecular complexity index is 3470. The zero-order chi connectivity index (χ0) is 35.3. The van der Waals surface area contributed by atoms with E-state index < -0.39 is 0 Å². The van der Waals surface area contributed by atoms with E-state index in [0.717, 1.165) is 5.69 Å². The average Bonchev–Trinajstić information content (AvgIpc) is 3.77. The van der Waals surface area contributed by atoms with Crippen LogP contribution in [0.1, 0.15) is 0 Å². The molecule has 10 aromatic carbocycles. The molecule has 12 rings (SSSR count). The molecule has 0 aliphatic rings. The molecule has 54 heavy (non-hydrogen) atoms. The first-order valence-corrected chi connectivity index (χ1v) is 18.7. The maximum absolute atomic E-state index is 2.56. The number of aromatic nitrogens is 2. The predicted molar refractivity (Wildman–Crippen MR) is 231 cm³/mol. The second-order valence-electron chi connectivity index (χ2n) is 14.4. The highest BCUT2D eigenvalue weighted by Crippen LogP contribution is 2.50. The van der Waals surface area contributed by atoms with Crippen molar-refractivity contribution < 1.29 is 0 Å². The minimum Gasteiger partial charge on any atom is -0.308 e. The lowest BCUT2D eigenvalue weighted by Crippen LogP contribution is -1.98. The van der Waals surface area contributed by atoms with Crippen molar-refractivity contribution in [3.05, 3.63) is 194 Å². The molecule has 0 saturated carbocycles. The van der Waals surface area contributed by atoms with E-state index >= 15 is 0 Å². The van der Waals surface area contributed by atoms with Crippen LogP contribution in [0.4, 0.5) is 0 Å². The summed E-state index contributed by atoms with van der Waals surface area (Å²) in [7, 11) is 0. The monoisotopic (exact) mass is 684 g/mol. The van der Waals surface area contributed by atoms with Crippen molar-refractivity contribution in [2.75, 3.05) is 0 Å². The molecular formula is C52H32N2. The standard InChI is InChI=1S/C52H32N2/c1-2-13-33(14-3-1)34-25-29-38(30-26-34)53-50-41-21-9-6-17-37(41)28-32-44(50)49-48-42-22-10-11-23-46(42)54(45-24-12-18-35-15-4-7-19-39(35)45)52(48)47-40-20-8-5-16-36(40)27-31-43(47)51(49)53/h1-32H. The van der Waals surface area contributed by atoms with E-state index in [1.54, 1.807) is 0 Å². The molecule has 0 radical (unpaired) electrons. The van der Waals surface area contributed by atoms with Gasteiger partial charge in [-0.3, -0.25) is 0 Å². The fourth-order valence-corrected chi connectivity index (χ4v) is 9.36. The molecule has 0 aliphatic carbocycles. The normalized spacial score (nSPS) is 12.1. The van der Waals surface area contributed by atoms with E-state index in [1.165, 1.54) is 104 Å². The van der Waals surface area contributed by atoms with Gasteiger partial charge in [0.15, 0.2) is 0 Å². The van der Waals surface area contributed by atoms with Crippen LogP contribution in [-0.2, 0) is 0 Å². The first-order valence-electron chi connectivity index (χ1n) is 18.7. The Hall–Kier alpha value is -7.16. The SMILES string of the molecule is c1ccc(-c2ccc(-n3c4c5ccccc5ccc4c4c5c6ccccc6n(-c6cccc7ccccc67)c5c5c6ccccc6ccc5c43)cc2)cc1. The number of para-hydroxylation sites is 1. The van der Waals surface area contributed by atoms with Gasteiger partial charge >= 0.3 is 0 Å². The Morgan fingerprint density at radius 3 is 1.56 bits per heavy atom. The first-order chi connectivity index (χ1) is 26.8. The lowest BCUT2D eigenvalue weighted by atomic mass is 9.95. The van der Waals surface area contributed by atoms with Gasteiger partial charge in [-0.1, -0.05) is 170 Å². The van der Waals surface area contributed by atoms with Gasteiger partial charge in [0.25, 0.3) is 0 Å². The van der Waals surface area contributed by atoms with Crippen LogP contribution in [0.15, 0.2) is 194 Å². The number of hydrogen-bond acceptors (Lipinski definition) is 0. The van der Waals surface area contributed by atoms with Gasteiger partial charge in [0.05, 0.1) is 27.8 Å². The van der Waals surface area contributed by atoms with Crippen molar-refractivity contribution in [2.24, 2.45) is 0 Å². The van der Waals surface area contributed by atoms with Gasteiger partial charge in [0.2, 0.25) is 0 Å². The molecule has 2 nitrogen and oxygen atoms in total. The molecule has 2 aromatic heterocycles. The van der Waals surface area contributed by atoms with E-state index in [0.29, 0.717) is 0 Å². The third-order valence-electron chi connectivity index (χ3n) is 11.6. The molecule has 0 aliphatic heterocycles. The summed E-state index contributed by atoms with van der Waals surface area (Å²) in [5.41, 5.74) is 9.70. The molecule has 0 amide bonds. The molecular weight excluding hydrogens is 653 g/mol. The van der Waals surface area contributed by atoms with Crippen LogP contribution in [-0.4, -0.2) is 9.13 Å². The molecule has 0 fully saturated rings. The van der Waals surface area contributed by atoms with Gasteiger partial charge in [-0.2, -0.15) is 0 Å². The molecule has 0 bridgehead atoms. The molecule has 0 N–H and O–H groups in total. The van der Waals surface area contributed by atoms with Crippen LogP contribution in [0.25, 0.3) is 109 Å². The Labute approximate surface area is 311 Å². The summed E-state index contributed by atoms with van der Waals surface area (Å²) in [5, 5.41) is 15.1. The van der Waals surface area contributed by atoms with Crippen LogP contribution < -0.4 is 0 Å². The lowest BCUT2D eigenvalue weighted by Gasteiger charge is -2.16. The van der Waals surface area contributed by atoms with Crippen molar-refractivity contribution in [3.8, 4) is 22.5 Å². The Morgan fingerprint density at radius 1 is 0.259 bits per heavy atom. The number of rotatable bonds is 3. The summed E-state index contributed by atoms with van der Waals surface area (Å²) >= 11 is 0. The van der Waals surface area contributed by atoms with E-state index in [4.69, 9.17) is 0 Å². The third kappa shape index (κ3) is 4.00. The molecule has 0 spiro atoms. The lowest BCUT2D eigenvalue weighted by molar-refractivity contribution is 1.19. The van der Waals surface area contributed by atoms with Crippen molar-refractivity contribution >= 4 is 86.7 Å². The Kier molecular flexibility index (Phi) is 6.09. The summed E-state index contributed by atoms with van der Waals surface area (Å²) in [4.78, 5) is 0. The molecule has 0 unspecified atom stereocenters. The first kappa shape index (κ1) is 29.4. The van der Waals surface area contributed by atoms with Gasteiger partial charge in [-0.15, -0.1) is 0 Å². The van der Waals surface area contributed by atoms with Crippen LogP contribution in [0, 0.1) is 0 Å². The third-order valence-corrected chi connectivity index (χ3v) is 11.6. The molecule has 2 heterocycles. The minimum atomic E-state index is 1.15. The fourth-order valence-electron chi connectivity index (χ4n) is 9.36. The highest BCUT2D eigenvalue weighted by atomic mass is 15.0. The summed E-state index contributed by atoms with van der Waals surface area (Å²) in [6, 6.07) is 71.5. The van der Waals surface area contributed by atoms with Gasteiger partial charge in [0.1, 0.15) is 0 Å². The van der Waals surface area contributed by atoms with Crippen molar-refractivity contribution in [1.82, 2.24) is 9.13 Å². The van der Waals surface area contributed by atoms with Crippen LogP contribution in [0.2, 0.25) is 0 Å². The molecule has 0 saturated heterocycles. The molecule has 12 aromatic rings. The summed E-state index contributed by atoms with van der Waals surface area (Å²) < 4.78 is 5.11.